The van der Waals surface area contributed by atoms with Gasteiger partial charge in [0.05, 0.1) is 12.5 Å². The summed E-state index contributed by atoms with van der Waals surface area (Å²) in [5.41, 5.74) is 0. The van der Waals surface area contributed by atoms with Gasteiger partial charge in [-0.15, -0.1) is 0 Å². The number of rotatable bonds is 37. The van der Waals surface area contributed by atoms with Crippen molar-refractivity contribution in [2.45, 2.75) is 245 Å². The molecular weight excluding hydrogens is 556 g/mol. The number of carbonyl (C=O) groups excluding carboxylic acids is 2. The van der Waals surface area contributed by atoms with E-state index in [1.807, 2.05) is 0 Å². The maximum atomic E-state index is 13.1. The molecule has 0 heterocycles. The van der Waals surface area contributed by atoms with Gasteiger partial charge in [0.25, 0.3) is 0 Å². The van der Waals surface area contributed by atoms with E-state index in [4.69, 9.17) is 9.47 Å². The van der Waals surface area contributed by atoms with Gasteiger partial charge >= 0.3 is 5.97 Å². The summed E-state index contributed by atoms with van der Waals surface area (Å²) in [5.74, 6) is -0.0756. The Morgan fingerprint density at radius 2 is 0.756 bits per heavy atom. The molecule has 0 aromatic rings. The molecule has 4 heteroatoms. The van der Waals surface area contributed by atoms with Crippen LogP contribution in [0.1, 0.15) is 233 Å². The van der Waals surface area contributed by atoms with Crippen LogP contribution in [0.5, 0.6) is 0 Å². The summed E-state index contributed by atoms with van der Waals surface area (Å²) in [4.78, 5) is 25.0. The molecule has 0 fully saturated rings. The minimum absolute atomic E-state index is 0.0636. The zero-order chi connectivity index (χ0) is 33.1. The van der Waals surface area contributed by atoms with Crippen LogP contribution in [0, 0.1) is 0 Å². The molecule has 0 aromatic carbocycles. The predicted octanol–water partition coefficient (Wildman–Crippen LogP) is 13.4. The Labute approximate surface area is 282 Å². The zero-order valence-electron chi connectivity index (χ0n) is 31.1. The molecule has 268 valence electrons. The van der Waals surface area contributed by atoms with Crippen molar-refractivity contribution >= 4 is 11.8 Å². The van der Waals surface area contributed by atoms with Crippen LogP contribution in [0.15, 0.2) is 0 Å². The molecule has 0 aromatic heterocycles. The average molecular weight is 637 g/mol. The molecule has 0 radical (unpaired) electrons. The van der Waals surface area contributed by atoms with Gasteiger partial charge in [0.2, 0.25) is 0 Å². The number of unbranched alkanes of at least 4 members (excludes halogenated alkanes) is 25. The van der Waals surface area contributed by atoms with Crippen molar-refractivity contribution in [3.63, 3.8) is 0 Å². The van der Waals surface area contributed by atoms with Crippen molar-refractivity contribution in [1.82, 2.24) is 0 Å². The number of carbonyl (C=O) groups is 2. The first-order chi connectivity index (χ1) is 22.0. The van der Waals surface area contributed by atoms with Gasteiger partial charge in [0.1, 0.15) is 11.9 Å². The third-order valence-corrected chi connectivity index (χ3v) is 9.32. The maximum Gasteiger partial charge on any atom is 0.308 e. The fourth-order valence-corrected chi connectivity index (χ4v) is 6.39. The highest BCUT2D eigenvalue weighted by atomic mass is 16.5. The lowest BCUT2D eigenvalue weighted by Crippen LogP contribution is -2.25. The van der Waals surface area contributed by atoms with Gasteiger partial charge in [-0.3, -0.25) is 9.59 Å². The number of ether oxygens (including phenoxy) is 2. The highest BCUT2D eigenvalue weighted by Gasteiger charge is 2.20. The van der Waals surface area contributed by atoms with Crippen molar-refractivity contribution in [1.29, 1.82) is 0 Å². The summed E-state index contributed by atoms with van der Waals surface area (Å²) < 4.78 is 12.2. The number of hydrogen-bond donors (Lipinski definition) is 0. The molecule has 0 spiro atoms. The smallest absolute Gasteiger partial charge is 0.308 e. The van der Waals surface area contributed by atoms with E-state index >= 15 is 0 Å². The molecule has 0 N–H and O–H groups in total. The molecule has 4 nitrogen and oxygen atoms in total. The molecule has 0 bridgehead atoms. The van der Waals surface area contributed by atoms with Crippen molar-refractivity contribution < 1.29 is 19.1 Å². The summed E-state index contributed by atoms with van der Waals surface area (Å²) in [5, 5.41) is 0. The van der Waals surface area contributed by atoms with Gasteiger partial charge in [-0.25, -0.2) is 0 Å². The summed E-state index contributed by atoms with van der Waals surface area (Å²) >= 11 is 0. The van der Waals surface area contributed by atoms with Crippen LogP contribution in [-0.4, -0.2) is 30.6 Å². The lowest BCUT2D eigenvalue weighted by atomic mass is 10.0. The Hall–Kier alpha value is -0.900. The van der Waals surface area contributed by atoms with E-state index in [9.17, 15) is 9.59 Å². The fourth-order valence-electron chi connectivity index (χ4n) is 6.39. The molecule has 0 aliphatic heterocycles. The first kappa shape index (κ1) is 44.1. The zero-order valence-corrected chi connectivity index (χ0v) is 31.1. The van der Waals surface area contributed by atoms with Crippen LogP contribution < -0.4 is 0 Å². The van der Waals surface area contributed by atoms with Gasteiger partial charge < -0.3 is 9.47 Å². The Bertz CT molecular complexity index is 619. The van der Waals surface area contributed by atoms with Gasteiger partial charge in [-0.05, 0) is 32.6 Å². The third kappa shape index (κ3) is 34.3. The predicted molar refractivity (Wildman–Crippen MR) is 195 cm³/mol. The van der Waals surface area contributed by atoms with E-state index in [0.29, 0.717) is 12.8 Å². The second-order valence-electron chi connectivity index (χ2n) is 14.1. The number of hydrogen-bond acceptors (Lipinski definition) is 4. The first-order valence-corrected chi connectivity index (χ1v) is 20.3. The highest BCUT2D eigenvalue weighted by Crippen LogP contribution is 2.19. The molecular formula is C41H80O4. The summed E-state index contributed by atoms with van der Waals surface area (Å²) in [7, 11) is 0. The number of Topliss-reactive ketones (excluding diaryl/α,β-unsaturated/α-hetero) is 1. The molecule has 0 saturated carbocycles. The summed E-state index contributed by atoms with van der Waals surface area (Å²) in [6.07, 6.45) is 38.2. The van der Waals surface area contributed by atoms with E-state index < -0.39 is 0 Å². The Morgan fingerprint density at radius 3 is 1.13 bits per heavy atom. The molecule has 45 heavy (non-hydrogen) atoms. The second kappa shape index (κ2) is 35.9. The van der Waals surface area contributed by atoms with Crippen LogP contribution in [0.25, 0.3) is 0 Å². The molecule has 0 aliphatic carbocycles. The average Bonchev–Trinajstić information content (AvgIpc) is 3.01. The van der Waals surface area contributed by atoms with Crippen molar-refractivity contribution in [2.75, 3.05) is 6.61 Å². The quantitative estimate of drug-likeness (QED) is 0.0503. The SMILES string of the molecule is CCCCCCCCCCCCOC(CCCCCCCCCCC)CC(=O)OC(CCCCCCCCCCC)CC(C)=O. The largest absolute Gasteiger partial charge is 0.462 e. The minimum Gasteiger partial charge on any atom is -0.462 e. The van der Waals surface area contributed by atoms with Gasteiger partial charge in [-0.1, -0.05) is 188 Å². The van der Waals surface area contributed by atoms with Crippen LogP contribution in [0.4, 0.5) is 0 Å². The second-order valence-corrected chi connectivity index (χ2v) is 14.1. The lowest BCUT2D eigenvalue weighted by Gasteiger charge is -2.21. The van der Waals surface area contributed by atoms with Gasteiger partial charge in [-0.2, -0.15) is 0 Å². The first-order valence-electron chi connectivity index (χ1n) is 20.3. The molecule has 0 aliphatic rings. The van der Waals surface area contributed by atoms with E-state index in [2.05, 4.69) is 20.8 Å². The monoisotopic (exact) mass is 637 g/mol. The normalized spacial score (nSPS) is 12.8. The summed E-state index contributed by atoms with van der Waals surface area (Å²) in [6, 6.07) is 0. The molecule has 2 atom stereocenters. The Kier molecular flexibility index (Phi) is 35.2. The maximum absolute atomic E-state index is 13.1. The van der Waals surface area contributed by atoms with Crippen LogP contribution in [0.3, 0.4) is 0 Å². The van der Waals surface area contributed by atoms with Crippen LogP contribution in [0.2, 0.25) is 0 Å². The van der Waals surface area contributed by atoms with E-state index in [1.165, 1.54) is 154 Å². The minimum atomic E-state index is -0.283. The summed E-state index contributed by atoms with van der Waals surface area (Å²) in [6.45, 7) is 9.15. The lowest BCUT2D eigenvalue weighted by molar-refractivity contribution is -0.153. The third-order valence-electron chi connectivity index (χ3n) is 9.32. The standard InChI is InChI=1S/C41H80O4/c1-5-8-11-14-17-20-23-26-29-32-35-44-39(33-30-27-24-21-18-15-12-9-6-2)37-41(43)45-40(36-38(4)42)34-31-28-25-22-19-16-13-10-7-3/h39-40H,5-37H2,1-4H3. The van der Waals surface area contributed by atoms with Crippen LogP contribution in [-0.2, 0) is 19.1 Å². The Morgan fingerprint density at radius 1 is 0.422 bits per heavy atom. The fraction of sp³-hybridized carbons (Fsp3) is 0.951. The van der Waals surface area contributed by atoms with E-state index in [1.54, 1.807) is 6.92 Å². The van der Waals surface area contributed by atoms with E-state index in [-0.39, 0.29) is 24.0 Å². The van der Waals surface area contributed by atoms with Gasteiger partial charge in [0.15, 0.2) is 0 Å². The van der Waals surface area contributed by atoms with Crippen molar-refractivity contribution in [2.24, 2.45) is 0 Å². The Balaban J connectivity index is 4.50. The van der Waals surface area contributed by atoms with Crippen LogP contribution >= 0.6 is 0 Å². The molecule has 2 unspecified atom stereocenters. The van der Waals surface area contributed by atoms with E-state index in [0.717, 1.165) is 45.1 Å². The molecule has 0 amide bonds. The highest BCUT2D eigenvalue weighted by molar-refractivity contribution is 5.77. The van der Waals surface area contributed by atoms with Crippen molar-refractivity contribution in [3.05, 3.63) is 0 Å². The molecule has 0 saturated heterocycles. The topological polar surface area (TPSA) is 52.6 Å². The number of esters is 1. The van der Waals surface area contributed by atoms with Gasteiger partial charge in [0, 0.05) is 13.0 Å². The number of ketones is 1. The van der Waals surface area contributed by atoms with Crippen molar-refractivity contribution in [3.8, 4) is 0 Å². The molecule has 0 rings (SSSR count).